The lowest BCUT2D eigenvalue weighted by atomic mass is 10.1. The zero-order valence-corrected chi connectivity index (χ0v) is 17.8. The van der Waals surface area contributed by atoms with E-state index in [9.17, 15) is 0 Å². The zero-order valence-electron chi connectivity index (χ0n) is 16.9. The SMILES string of the molecule is CCCCCCCC=C=P(c1ccccc1)(c1ccccc1)c1ccccc1. The summed E-state index contributed by atoms with van der Waals surface area (Å²) in [6, 6.07) is 32.9. The van der Waals surface area contributed by atoms with Gasteiger partial charge in [0.15, 0.2) is 0 Å². The third-order valence-corrected chi connectivity index (χ3v) is 8.96. The molecule has 1 heteroatoms. The van der Waals surface area contributed by atoms with Crippen molar-refractivity contribution < 1.29 is 0 Å². The Bertz CT molecular complexity index is 801. The van der Waals surface area contributed by atoms with Gasteiger partial charge in [-0.1, -0.05) is 124 Å². The van der Waals surface area contributed by atoms with Crippen molar-refractivity contribution in [1.29, 1.82) is 0 Å². The summed E-state index contributed by atoms with van der Waals surface area (Å²) in [5, 5.41) is 4.11. The van der Waals surface area contributed by atoms with Crippen molar-refractivity contribution in [3.05, 3.63) is 97.1 Å². The smallest absolute Gasteiger partial charge is 0.0165 e. The number of hydrogen-bond acceptors (Lipinski definition) is 0. The number of hydrogen-bond donors (Lipinski definition) is 0. The van der Waals surface area contributed by atoms with Crippen LogP contribution in [0.4, 0.5) is 0 Å². The van der Waals surface area contributed by atoms with Gasteiger partial charge >= 0.3 is 0 Å². The van der Waals surface area contributed by atoms with Crippen molar-refractivity contribution in [1.82, 2.24) is 0 Å². The third kappa shape index (κ3) is 4.96. The van der Waals surface area contributed by atoms with Crippen molar-refractivity contribution in [3.8, 4) is 0 Å². The van der Waals surface area contributed by atoms with Gasteiger partial charge in [0.1, 0.15) is 0 Å². The molecule has 0 amide bonds. The summed E-state index contributed by atoms with van der Waals surface area (Å²) in [5.74, 6) is 0. The summed E-state index contributed by atoms with van der Waals surface area (Å²) in [6.07, 6.45) is 10.0. The van der Waals surface area contributed by atoms with Gasteiger partial charge in [-0.2, -0.15) is 0 Å². The molecule has 0 radical (unpaired) electrons. The summed E-state index contributed by atoms with van der Waals surface area (Å²) < 4.78 is 0. The van der Waals surface area contributed by atoms with Crippen molar-refractivity contribution in [2.24, 2.45) is 0 Å². The molecule has 3 aromatic carbocycles. The van der Waals surface area contributed by atoms with Crippen molar-refractivity contribution >= 4 is 28.3 Å². The Morgan fingerprint density at radius 3 is 1.46 bits per heavy atom. The predicted molar refractivity (Wildman–Crippen MR) is 128 cm³/mol. The second-order valence-electron chi connectivity index (χ2n) is 7.21. The lowest BCUT2D eigenvalue weighted by Crippen LogP contribution is -2.25. The standard InChI is InChI=1S/C27H31P/c1-2-3-4-5-6-7-17-24-28(25-18-11-8-12-19-25,26-20-13-9-14-21-26)27-22-15-10-16-23-27/h8-23H,2-7H2,1H3. The van der Waals surface area contributed by atoms with E-state index < -0.39 is 6.89 Å². The van der Waals surface area contributed by atoms with Gasteiger partial charge in [-0.15, -0.1) is 5.45 Å². The first-order valence-electron chi connectivity index (χ1n) is 10.5. The van der Waals surface area contributed by atoms with E-state index in [-0.39, 0.29) is 0 Å². The predicted octanol–water partition coefficient (Wildman–Crippen LogP) is 6.30. The van der Waals surface area contributed by atoms with Gasteiger partial charge in [0, 0.05) is 6.89 Å². The molecular formula is C27H31P. The molecule has 0 bridgehead atoms. The van der Waals surface area contributed by atoms with Crippen LogP contribution in [-0.4, -0.2) is 5.45 Å². The zero-order chi connectivity index (χ0) is 19.5. The molecule has 0 heterocycles. The molecule has 0 aromatic heterocycles. The van der Waals surface area contributed by atoms with Crippen molar-refractivity contribution in [2.45, 2.75) is 45.4 Å². The maximum Gasteiger partial charge on any atom is 0.0165 e. The van der Waals surface area contributed by atoms with Crippen LogP contribution in [0.2, 0.25) is 0 Å². The monoisotopic (exact) mass is 386 g/mol. The summed E-state index contributed by atoms with van der Waals surface area (Å²) in [6.45, 7) is 0.350. The van der Waals surface area contributed by atoms with E-state index in [1.165, 1.54) is 48.0 Å². The molecule has 0 saturated heterocycles. The minimum absolute atomic E-state index is 1.11. The molecular weight excluding hydrogens is 355 g/mol. The topological polar surface area (TPSA) is 0 Å². The third-order valence-electron chi connectivity index (χ3n) is 5.17. The Labute approximate surface area is 170 Å². The fourth-order valence-corrected chi connectivity index (χ4v) is 7.28. The van der Waals surface area contributed by atoms with Gasteiger partial charge < -0.3 is 0 Å². The molecule has 0 nitrogen and oxygen atoms in total. The van der Waals surface area contributed by atoms with E-state index in [1.807, 2.05) is 0 Å². The van der Waals surface area contributed by atoms with E-state index in [4.69, 9.17) is 0 Å². The summed E-state index contributed by atoms with van der Waals surface area (Å²) in [4.78, 5) is 0. The van der Waals surface area contributed by atoms with Crippen LogP contribution in [0.1, 0.15) is 45.4 Å². The molecule has 0 fully saturated rings. The lowest BCUT2D eigenvalue weighted by molar-refractivity contribution is 0.638. The second-order valence-corrected chi connectivity index (χ2v) is 10.4. The maximum atomic E-state index is 3.96. The molecule has 0 N–H and O–H groups in total. The molecule has 28 heavy (non-hydrogen) atoms. The molecule has 0 aliphatic heterocycles. The van der Waals surface area contributed by atoms with Crippen LogP contribution in [0.15, 0.2) is 97.1 Å². The summed E-state index contributed by atoms with van der Waals surface area (Å²) in [5.41, 5.74) is 3.96. The Balaban J connectivity index is 2.10. The number of allylic oxidation sites excluding steroid dienone is 1. The minimum Gasteiger partial charge on any atom is -0.117 e. The molecule has 0 spiro atoms. The van der Waals surface area contributed by atoms with E-state index in [2.05, 4.69) is 109 Å². The highest BCUT2D eigenvalue weighted by Crippen LogP contribution is 2.42. The maximum absolute atomic E-state index is 3.96. The normalized spacial score (nSPS) is 11.0. The molecule has 3 rings (SSSR count). The molecule has 0 atom stereocenters. The van der Waals surface area contributed by atoms with Gasteiger partial charge in [0.25, 0.3) is 0 Å². The Morgan fingerprint density at radius 2 is 1.04 bits per heavy atom. The van der Waals surface area contributed by atoms with Gasteiger partial charge in [-0.3, -0.25) is 0 Å². The Kier molecular flexibility index (Phi) is 7.98. The minimum atomic E-state index is -1.92. The fourth-order valence-electron chi connectivity index (χ4n) is 3.68. The molecule has 3 aromatic rings. The second kappa shape index (κ2) is 10.9. The quantitative estimate of drug-likeness (QED) is 0.299. The molecule has 0 saturated carbocycles. The van der Waals surface area contributed by atoms with Crippen LogP contribution in [0.3, 0.4) is 0 Å². The average Bonchev–Trinajstić information content (AvgIpc) is 2.78. The lowest BCUT2D eigenvalue weighted by Gasteiger charge is -2.26. The van der Waals surface area contributed by atoms with E-state index in [0.29, 0.717) is 0 Å². The van der Waals surface area contributed by atoms with Crippen molar-refractivity contribution in [2.75, 3.05) is 0 Å². The molecule has 0 aliphatic carbocycles. The van der Waals surface area contributed by atoms with Gasteiger partial charge in [0.05, 0.1) is 0 Å². The number of benzene rings is 3. The largest absolute Gasteiger partial charge is 0.117 e. The highest BCUT2D eigenvalue weighted by molar-refractivity contribution is 7.94. The first kappa shape index (κ1) is 20.5. The van der Waals surface area contributed by atoms with Crippen molar-refractivity contribution in [3.63, 3.8) is 0 Å². The van der Waals surface area contributed by atoms with Crippen LogP contribution in [0, 0.1) is 0 Å². The molecule has 144 valence electrons. The van der Waals surface area contributed by atoms with E-state index in [1.54, 1.807) is 0 Å². The highest BCUT2D eigenvalue weighted by Gasteiger charge is 2.24. The van der Waals surface area contributed by atoms with Crippen LogP contribution in [0.5, 0.6) is 0 Å². The Morgan fingerprint density at radius 1 is 0.607 bits per heavy atom. The Hall–Kier alpha value is -2.26. The number of unbranched alkanes of at least 4 members (excludes halogenated alkanes) is 5. The summed E-state index contributed by atoms with van der Waals surface area (Å²) in [7, 11) is 0. The van der Waals surface area contributed by atoms with Crippen LogP contribution in [-0.2, 0) is 0 Å². The average molecular weight is 387 g/mol. The highest BCUT2D eigenvalue weighted by atomic mass is 31.2. The first-order valence-corrected chi connectivity index (χ1v) is 12.3. The number of rotatable bonds is 9. The van der Waals surface area contributed by atoms with Gasteiger partial charge in [0.2, 0.25) is 0 Å². The van der Waals surface area contributed by atoms with Crippen LogP contribution in [0.25, 0.3) is 0 Å². The first-order chi connectivity index (χ1) is 13.9. The van der Waals surface area contributed by atoms with Crippen LogP contribution < -0.4 is 15.9 Å². The summed E-state index contributed by atoms with van der Waals surface area (Å²) >= 11 is 0. The van der Waals surface area contributed by atoms with Gasteiger partial charge in [-0.05, 0) is 34.8 Å². The molecule has 0 aliphatic rings. The van der Waals surface area contributed by atoms with E-state index in [0.717, 1.165) is 6.42 Å². The van der Waals surface area contributed by atoms with E-state index >= 15 is 0 Å². The van der Waals surface area contributed by atoms with Gasteiger partial charge in [-0.25, -0.2) is 0 Å². The van der Waals surface area contributed by atoms with Crippen LogP contribution >= 0.6 is 6.89 Å². The fraction of sp³-hybridized carbons (Fsp3) is 0.259. The molecule has 0 unspecified atom stereocenters.